The maximum absolute atomic E-state index is 2.38. The SMILES string of the molecule is Cc1cc(N(C)C)ccc1CC(c1ccc(N(C)C)cc1C)(c1ccc(N(C)C)cc1C)c1ccc(N(C)C)cc1C. The molecule has 0 amide bonds. The van der Waals surface area contributed by atoms with Crippen LogP contribution in [0.1, 0.15) is 44.5 Å². The van der Waals surface area contributed by atoms with Crippen molar-refractivity contribution >= 4 is 22.7 Å². The molecule has 0 bridgehead atoms. The van der Waals surface area contributed by atoms with Crippen molar-refractivity contribution in [2.24, 2.45) is 0 Å². The highest BCUT2D eigenvalue weighted by Gasteiger charge is 2.40. The Balaban J connectivity index is 2.14. The second-order valence-corrected chi connectivity index (χ2v) is 12.8. The lowest BCUT2D eigenvalue weighted by Crippen LogP contribution is -2.35. The topological polar surface area (TPSA) is 13.0 Å². The molecular weight excluding hydrogens is 512 g/mol. The molecule has 4 nitrogen and oxygen atoms in total. The van der Waals surface area contributed by atoms with Gasteiger partial charge in [-0.25, -0.2) is 0 Å². The van der Waals surface area contributed by atoms with Crippen LogP contribution in [-0.2, 0) is 11.8 Å². The summed E-state index contributed by atoms with van der Waals surface area (Å²) < 4.78 is 0. The van der Waals surface area contributed by atoms with E-state index >= 15 is 0 Å². The fourth-order valence-electron chi connectivity index (χ4n) is 6.38. The number of benzene rings is 4. The van der Waals surface area contributed by atoms with Gasteiger partial charge >= 0.3 is 0 Å². The lowest BCUT2D eigenvalue weighted by Gasteiger charge is -2.41. The van der Waals surface area contributed by atoms with Crippen molar-refractivity contribution < 1.29 is 0 Å². The molecule has 0 atom stereocenters. The summed E-state index contributed by atoms with van der Waals surface area (Å²) in [5.74, 6) is 0. The van der Waals surface area contributed by atoms with Gasteiger partial charge in [0.2, 0.25) is 0 Å². The van der Waals surface area contributed by atoms with Gasteiger partial charge < -0.3 is 19.6 Å². The van der Waals surface area contributed by atoms with Gasteiger partial charge in [-0.15, -0.1) is 0 Å². The lowest BCUT2D eigenvalue weighted by molar-refractivity contribution is 0.599. The van der Waals surface area contributed by atoms with E-state index in [2.05, 4.69) is 176 Å². The van der Waals surface area contributed by atoms with E-state index in [4.69, 9.17) is 0 Å². The van der Waals surface area contributed by atoms with Crippen molar-refractivity contribution in [1.29, 1.82) is 0 Å². The first-order valence-electron chi connectivity index (χ1n) is 14.9. The highest BCUT2D eigenvalue weighted by atomic mass is 15.1. The molecule has 0 aliphatic rings. The molecule has 4 aromatic carbocycles. The fourth-order valence-corrected chi connectivity index (χ4v) is 6.38. The molecule has 0 saturated heterocycles. The molecule has 0 aliphatic carbocycles. The van der Waals surface area contributed by atoms with E-state index in [9.17, 15) is 0 Å². The van der Waals surface area contributed by atoms with E-state index in [-0.39, 0.29) is 0 Å². The van der Waals surface area contributed by atoms with Gasteiger partial charge in [0.25, 0.3) is 0 Å². The number of hydrogen-bond donors (Lipinski definition) is 0. The third-order valence-electron chi connectivity index (χ3n) is 8.86. The van der Waals surface area contributed by atoms with Crippen LogP contribution in [-0.4, -0.2) is 56.4 Å². The van der Waals surface area contributed by atoms with Crippen molar-refractivity contribution in [1.82, 2.24) is 0 Å². The molecule has 0 saturated carbocycles. The van der Waals surface area contributed by atoms with Crippen LogP contribution in [0.2, 0.25) is 0 Å². The Kier molecular flexibility index (Phi) is 8.96. The summed E-state index contributed by atoms with van der Waals surface area (Å²) in [7, 11) is 16.9. The normalized spacial score (nSPS) is 11.4. The van der Waals surface area contributed by atoms with Gasteiger partial charge in [-0.2, -0.15) is 0 Å². The van der Waals surface area contributed by atoms with Crippen molar-refractivity contribution in [3.63, 3.8) is 0 Å². The van der Waals surface area contributed by atoms with Gasteiger partial charge in [-0.3, -0.25) is 0 Å². The summed E-state index contributed by atoms with van der Waals surface area (Å²) in [5.41, 5.74) is 15.1. The third-order valence-corrected chi connectivity index (χ3v) is 8.86. The number of aryl methyl sites for hydroxylation is 4. The summed E-state index contributed by atoms with van der Waals surface area (Å²) in [4.78, 5) is 8.76. The standard InChI is InChI=1S/C38H50N4/c1-26-21-31(39(5)6)14-13-30(26)25-38(35-18-15-32(40(7)8)22-27(35)2,36-19-16-33(41(9)10)23-28(36)3)37-20-17-34(42(11)12)24-29(37)4/h13-24H,25H2,1-12H3. The molecule has 42 heavy (non-hydrogen) atoms. The van der Waals surface area contributed by atoms with Crippen LogP contribution < -0.4 is 19.6 Å². The lowest BCUT2D eigenvalue weighted by atomic mass is 9.62. The molecule has 0 aliphatic heterocycles. The van der Waals surface area contributed by atoms with Crippen LogP contribution in [0.4, 0.5) is 22.7 Å². The zero-order valence-corrected chi connectivity index (χ0v) is 27.9. The first-order chi connectivity index (χ1) is 19.8. The smallest absolute Gasteiger partial charge is 0.0499 e. The molecule has 4 heteroatoms. The number of hydrogen-bond acceptors (Lipinski definition) is 4. The second kappa shape index (κ2) is 12.1. The molecule has 0 aromatic heterocycles. The summed E-state index contributed by atoms with van der Waals surface area (Å²) >= 11 is 0. The molecule has 0 spiro atoms. The van der Waals surface area contributed by atoms with Gasteiger partial charge in [-0.05, 0) is 127 Å². The van der Waals surface area contributed by atoms with Gasteiger partial charge in [0.05, 0.1) is 0 Å². The Morgan fingerprint density at radius 3 is 0.952 bits per heavy atom. The van der Waals surface area contributed by atoms with Gasteiger partial charge in [0, 0.05) is 84.5 Å². The van der Waals surface area contributed by atoms with E-state index in [1.54, 1.807) is 0 Å². The maximum Gasteiger partial charge on any atom is 0.0499 e. The zero-order valence-electron chi connectivity index (χ0n) is 27.9. The zero-order chi connectivity index (χ0) is 30.9. The van der Waals surface area contributed by atoms with E-state index in [1.165, 1.54) is 67.3 Å². The van der Waals surface area contributed by atoms with Crippen molar-refractivity contribution in [2.75, 3.05) is 76.0 Å². The first kappa shape index (κ1) is 31.0. The summed E-state index contributed by atoms with van der Waals surface area (Å²) in [5, 5.41) is 0. The fraction of sp³-hybridized carbons (Fsp3) is 0.368. The van der Waals surface area contributed by atoms with E-state index in [1.807, 2.05) is 0 Å². The van der Waals surface area contributed by atoms with Gasteiger partial charge in [0.1, 0.15) is 0 Å². The van der Waals surface area contributed by atoms with Crippen LogP contribution in [0.5, 0.6) is 0 Å². The predicted octanol–water partition coefficient (Wildman–Crippen LogP) is 7.76. The Morgan fingerprint density at radius 2 is 0.690 bits per heavy atom. The highest BCUT2D eigenvalue weighted by Crippen LogP contribution is 2.48. The van der Waals surface area contributed by atoms with Crippen LogP contribution in [0.25, 0.3) is 0 Å². The number of anilines is 4. The average Bonchev–Trinajstić information content (AvgIpc) is 2.92. The minimum absolute atomic E-state index is 0.400. The second-order valence-electron chi connectivity index (χ2n) is 12.8. The molecule has 0 N–H and O–H groups in total. The molecule has 0 heterocycles. The van der Waals surface area contributed by atoms with Crippen molar-refractivity contribution in [3.8, 4) is 0 Å². The summed E-state index contributed by atoms with van der Waals surface area (Å²) in [6.07, 6.45) is 0.860. The van der Waals surface area contributed by atoms with Crippen molar-refractivity contribution in [2.45, 2.75) is 39.5 Å². The Morgan fingerprint density at radius 1 is 0.405 bits per heavy atom. The van der Waals surface area contributed by atoms with Crippen LogP contribution >= 0.6 is 0 Å². The van der Waals surface area contributed by atoms with Crippen molar-refractivity contribution in [3.05, 3.63) is 117 Å². The van der Waals surface area contributed by atoms with E-state index < -0.39 is 5.41 Å². The predicted molar refractivity (Wildman–Crippen MR) is 186 cm³/mol. The molecule has 0 radical (unpaired) electrons. The number of nitrogens with zero attached hydrogens (tertiary/aromatic N) is 4. The highest BCUT2D eigenvalue weighted by molar-refractivity contribution is 5.65. The van der Waals surface area contributed by atoms with Crippen LogP contribution in [0.15, 0.2) is 72.8 Å². The third kappa shape index (κ3) is 5.86. The molecule has 4 rings (SSSR count). The molecule has 0 unspecified atom stereocenters. The summed E-state index contributed by atoms with van der Waals surface area (Å²) in [6.45, 7) is 9.11. The van der Waals surface area contributed by atoms with Gasteiger partial charge in [0.15, 0.2) is 0 Å². The molecule has 4 aromatic rings. The van der Waals surface area contributed by atoms with E-state index in [0.717, 1.165) is 6.42 Å². The monoisotopic (exact) mass is 562 g/mol. The Labute approximate surface area is 255 Å². The molecule has 0 fully saturated rings. The van der Waals surface area contributed by atoms with E-state index in [0.29, 0.717) is 0 Å². The van der Waals surface area contributed by atoms with Crippen LogP contribution in [0.3, 0.4) is 0 Å². The Bertz CT molecular complexity index is 1420. The van der Waals surface area contributed by atoms with Crippen LogP contribution in [0, 0.1) is 27.7 Å². The average molecular weight is 563 g/mol. The molecular formula is C38H50N4. The number of rotatable bonds is 9. The minimum atomic E-state index is -0.400. The largest absolute Gasteiger partial charge is 0.378 e. The summed E-state index contributed by atoms with van der Waals surface area (Å²) in [6, 6.07) is 28.0. The quantitative estimate of drug-likeness (QED) is 0.193. The Hall–Kier alpha value is -3.92. The maximum atomic E-state index is 2.38. The van der Waals surface area contributed by atoms with Gasteiger partial charge in [-0.1, -0.05) is 24.3 Å². The first-order valence-corrected chi connectivity index (χ1v) is 14.9. The minimum Gasteiger partial charge on any atom is -0.378 e. The molecule has 222 valence electrons.